The Morgan fingerprint density at radius 1 is 1.05 bits per heavy atom. The predicted molar refractivity (Wildman–Crippen MR) is 145 cm³/mol. The highest BCUT2D eigenvalue weighted by Crippen LogP contribution is 2.39. The number of ether oxygens (including phenoxy) is 1. The molecule has 2 amide bonds. The minimum Gasteiger partial charge on any atom is -0.465 e. The van der Waals surface area contributed by atoms with Crippen LogP contribution in [0.2, 0.25) is 10.0 Å². The molecule has 0 aliphatic carbocycles. The van der Waals surface area contributed by atoms with Crippen LogP contribution in [0.15, 0.2) is 76.9 Å². The Morgan fingerprint density at radius 2 is 1.72 bits per heavy atom. The van der Waals surface area contributed by atoms with Crippen molar-refractivity contribution in [3.63, 3.8) is 0 Å². The Hall–Kier alpha value is -4.57. The lowest BCUT2D eigenvalue weighted by molar-refractivity contribution is -0.114. The number of carboxylic acid groups (broad SMARTS) is 1. The predicted octanol–water partition coefficient (Wildman–Crippen LogP) is 5.37. The van der Waals surface area contributed by atoms with E-state index in [0.717, 1.165) is 5.56 Å². The molecular formula is C25H17Cl2N5O6S. The van der Waals surface area contributed by atoms with E-state index in [1.54, 1.807) is 48.5 Å². The van der Waals surface area contributed by atoms with Crippen LogP contribution in [0.5, 0.6) is 11.5 Å². The summed E-state index contributed by atoms with van der Waals surface area (Å²) >= 11 is 12.6. The first-order valence-electron chi connectivity index (χ1n) is 10.9. The van der Waals surface area contributed by atoms with Crippen LogP contribution >= 0.6 is 23.2 Å². The van der Waals surface area contributed by atoms with E-state index < -0.39 is 27.7 Å². The molecule has 1 aromatic heterocycles. The van der Waals surface area contributed by atoms with E-state index in [1.165, 1.54) is 33.7 Å². The summed E-state index contributed by atoms with van der Waals surface area (Å²) in [6.45, 7) is 1.87. The minimum absolute atomic E-state index is 0.0494. The number of amides is 2. The zero-order valence-corrected chi connectivity index (χ0v) is 22.2. The van der Waals surface area contributed by atoms with Gasteiger partial charge in [-0.25, -0.2) is 17.2 Å². The quantitative estimate of drug-likeness (QED) is 0.192. The monoisotopic (exact) mass is 585 g/mol. The Morgan fingerprint density at radius 3 is 2.33 bits per heavy atom. The van der Waals surface area contributed by atoms with Crippen LogP contribution in [-0.2, 0) is 14.8 Å². The van der Waals surface area contributed by atoms with Crippen LogP contribution < -0.4 is 15.5 Å². The molecule has 3 aromatic carbocycles. The summed E-state index contributed by atoms with van der Waals surface area (Å²) < 4.78 is 33.3. The molecule has 0 aliphatic rings. The van der Waals surface area contributed by atoms with Crippen LogP contribution in [-0.4, -0.2) is 35.2 Å². The lowest BCUT2D eigenvalue weighted by Gasteiger charge is -2.12. The van der Waals surface area contributed by atoms with Crippen LogP contribution in [0.3, 0.4) is 0 Å². The number of hydrogen-bond acceptors (Lipinski definition) is 8. The number of imide groups is 1. The van der Waals surface area contributed by atoms with E-state index in [9.17, 15) is 18.0 Å². The minimum atomic E-state index is -3.81. The maximum atomic E-state index is 13.1. The van der Waals surface area contributed by atoms with E-state index in [0.29, 0.717) is 16.7 Å². The third-order valence-corrected chi connectivity index (χ3v) is 7.53. The van der Waals surface area contributed by atoms with Crippen molar-refractivity contribution < 1.29 is 27.9 Å². The highest BCUT2D eigenvalue weighted by Gasteiger charge is 2.20. The van der Waals surface area contributed by atoms with Crippen LogP contribution in [0.1, 0.15) is 5.56 Å². The van der Waals surface area contributed by atoms with Gasteiger partial charge >= 0.3 is 6.09 Å². The fourth-order valence-corrected chi connectivity index (χ4v) is 5.35. The van der Waals surface area contributed by atoms with E-state index >= 15 is 0 Å². The van der Waals surface area contributed by atoms with Crippen molar-refractivity contribution in [1.82, 2.24) is 9.29 Å². The lowest BCUT2D eigenvalue weighted by Crippen LogP contribution is -2.34. The van der Waals surface area contributed by atoms with Gasteiger partial charge in [0.1, 0.15) is 11.8 Å². The first-order valence-corrected chi connectivity index (χ1v) is 13.1. The van der Waals surface area contributed by atoms with Crippen LogP contribution in [0.25, 0.3) is 10.9 Å². The second-order valence-corrected chi connectivity index (χ2v) is 10.6. The highest BCUT2D eigenvalue weighted by molar-refractivity contribution is 7.90. The highest BCUT2D eigenvalue weighted by atomic mass is 35.5. The van der Waals surface area contributed by atoms with Crippen molar-refractivity contribution in [2.24, 2.45) is 5.10 Å². The number of benzene rings is 3. The fourth-order valence-electron chi connectivity index (χ4n) is 3.44. The lowest BCUT2D eigenvalue weighted by atomic mass is 10.2. The van der Waals surface area contributed by atoms with Crippen molar-refractivity contribution in [3.8, 4) is 17.6 Å². The molecule has 3 N–H and O–H groups in total. The second-order valence-electron chi connectivity index (χ2n) is 7.96. The van der Waals surface area contributed by atoms with Gasteiger partial charge < -0.3 is 9.84 Å². The molecule has 11 nitrogen and oxygen atoms in total. The van der Waals surface area contributed by atoms with Gasteiger partial charge in [-0.1, -0.05) is 40.9 Å². The number of rotatable bonds is 7. The number of nitrogens with zero attached hydrogens (tertiary/aromatic N) is 3. The average Bonchev–Trinajstić information content (AvgIpc) is 3.31. The topological polar surface area (TPSA) is 163 Å². The molecule has 0 atom stereocenters. The van der Waals surface area contributed by atoms with Gasteiger partial charge in [0.25, 0.3) is 15.9 Å². The second kappa shape index (κ2) is 11.0. The molecule has 1 heterocycles. The number of aryl methyl sites for hydroxylation is 1. The van der Waals surface area contributed by atoms with E-state index in [1.807, 2.05) is 6.92 Å². The molecule has 4 rings (SSSR count). The third-order valence-electron chi connectivity index (χ3n) is 5.26. The van der Waals surface area contributed by atoms with Gasteiger partial charge in [0, 0.05) is 11.6 Å². The molecule has 4 aromatic rings. The number of carbonyl (C=O) groups excluding carboxylic acids is 1. The van der Waals surface area contributed by atoms with Crippen LogP contribution in [0.4, 0.5) is 10.5 Å². The molecule has 0 spiro atoms. The maximum absolute atomic E-state index is 13.1. The van der Waals surface area contributed by atoms with Crippen molar-refractivity contribution in [3.05, 3.63) is 82.5 Å². The molecule has 0 radical (unpaired) electrons. The molecule has 14 heteroatoms. The summed E-state index contributed by atoms with van der Waals surface area (Å²) in [5, 5.41) is 23.4. The number of nitrogens with one attached hydrogen (secondary N) is 2. The molecule has 0 saturated carbocycles. The molecular weight excluding hydrogens is 569 g/mol. The molecule has 39 heavy (non-hydrogen) atoms. The standard InChI is InChI=1S/C25H17Cl2N5O6S/c1-14-2-5-18(6-3-14)39(36,37)32-9-8-15-10-17(4-7-22(15)32)38-23-19(26)11-16(12-20(23)27)30-31-21(13-28)24(33)29-25(34)35/h2-12,30H,1H3,(H,29,33)(H,34,35). The van der Waals surface area contributed by atoms with Gasteiger partial charge in [0.05, 0.1) is 26.1 Å². The van der Waals surface area contributed by atoms with Crippen molar-refractivity contribution in [2.45, 2.75) is 11.8 Å². The zero-order valence-electron chi connectivity index (χ0n) is 19.8. The van der Waals surface area contributed by atoms with Gasteiger partial charge in [-0.05, 0) is 55.5 Å². The van der Waals surface area contributed by atoms with Gasteiger partial charge in [-0.3, -0.25) is 15.5 Å². The molecule has 0 bridgehead atoms. The summed E-state index contributed by atoms with van der Waals surface area (Å²) in [4.78, 5) is 22.4. The first kappa shape index (κ1) is 27.5. The summed E-state index contributed by atoms with van der Waals surface area (Å²) in [5.74, 6) is -0.804. The molecule has 198 valence electrons. The normalized spacial score (nSPS) is 11.6. The van der Waals surface area contributed by atoms with Gasteiger partial charge in [-0.2, -0.15) is 10.4 Å². The molecule has 0 unspecified atom stereocenters. The van der Waals surface area contributed by atoms with Crippen LogP contribution in [0, 0.1) is 18.3 Å². The Balaban J connectivity index is 1.57. The summed E-state index contributed by atoms with van der Waals surface area (Å²) in [6.07, 6.45) is -0.185. The zero-order chi connectivity index (χ0) is 28.3. The summed E-state index contributed by atoms with van der Waals surface area (Å²) in [5.41, 5.74) is 3.23. The average molecular weight is 586 g/mol. The molecule has 0 aliphatic heterocycles. The number of aromatic nitrogens is 1. The maximum Gasteiger partial charge on any atom is 0.411 e. The SMILES string of the molecule is Cc1ccc(S(=O)(=O)n2ccc3cc(Oc4c(Cl)cc(NN=C(C#N)C(=O)NC(=O)O)cc4Cl)ccc32)cc1. The molecule has 0 saturated heterocycles. The van der Waals surface area contributed by atoms with Gasteiger partial charge in [0.2, 0.25) is 5.71 Å². The third kappa shape index (κ3) is 5.96. The van der Waals surface area contributed by atoms with E-state index in [-0.39, 0.29) is 26.4 Å². The van der Waals surface area contributed by atoms with Crippen molar-refractivity contribution in [1.29, 1.82) is 5.26 Å². The number of hydrazone groups is 1. The number of fused-ring (bicyclic) bond motifs is 1. The number of carbonyl (C=O) groups is 2. The molecule has 0 fully saturated rings. The van der Waals surface area contributed by atoms with E-state index in [2.05, 4.69) is 10.5 Å². The van der Waals surface area contributed by atoms with Crippen molar-refractivity contribution in [2.75, 3.05) is 5.43 Å². The van der Waals surface area contributed by atoms with Gasteiger partial charge in [0.15, 0.2) is 5.75 Å². The number of hydrogen-bond donors (Lipinski definition) is 3. The van der Waals surface area contributed by atoms with E-state index in [4.69, 9.17) is 38.3 Å². The number of nitriles is 1. The fraction of sp³-hybridized carbons (Fsp3) is 0.0400. The Kier molecular flexibility index (Phi) is 7.78. The smallest absolute Gasteiger partial charge is 0.411 e. The first-order chi connectivity index (χ1) is 18.5. The van der Waals surface area contributed by atoms with Gasteiger partial charge in [-0.15, -0.1) is 0 Å². The van der Waals surface area contributed by atoms with Crippen molar-refractivity contribution >= 4 is 67.5 Å². The largest absolute Gasteiger partial charge is 0.465 e. The summed E-state index contributed by atoms with van der Waals surface area (Å²) in [6, 6.07) is 17.2. The number of halogens is 2. The Labute approximate surface area is 231 Å². The number of anilines is 1. The summed E-state index contributed by atoms with van der Waals surface area (Å²) in [7, 11) is -3.81. The Bertz CT molecular complexity index is 1770.